The lowest BCUT2D eigenvalue weighted by atomic mass is 9.92. The van der Waals surface area contributed by atoms with E-state index in [1.54, 1.807) is 11.8 Å². The van der Waals surface area contributed by atoms with Gasteiger partial charge in [-0.3, -0.25) is 9.59 Å². The minimum absolute atomic E-state index is 0.0101. The third-order valence-electron chi connectivity index (χ3n) is 5.36. The van der Waals surface area contributed by atoms with Crippen LogP contribution in [0.15, 0.2) is 10.6 Å². The first-order chi connectivity index (χ1) is 12.0. The highest BCUT2D eigenvalue weighted by molar-refractivity contribution is 6.06. The van der Waals surface area contributed by atoms with E-state index in [1.165, 1.54) is 0 Å². The molecule has 2 fully saturated rings. The second-order valence-corrected chi connectivity index (χ2v) is 7.24. The average molecular weight is 343 g/mol. The maximum Gasteiger partial charge on any atom is 0.308 e. The van der Waals surface area contributed by atoms with Gasteiger partial charge in [-0.25, -0.2) is 4.98 Å². The smallest absolute Gasteiger partial charge is 0.308 e. The molecule has 3 heterocycles. The van der Waals surface area contributed by atoms with Crippen molar-refractivity contribution in [2.45, 2.75) is 51.5 Å². The first-order valence-electron chi connectivity index (χ1n) is 8.76. The number of carboxylic acid groups (broad SMARTS) is 1. The molecule has 2 aliphatic rings. The van der Waals surface area contributed by atoms with Crippen LogP contribution in [0, 0.1) is 12.8 Å². The maximum atomic E-state index is 13.3. The predicted molar refractivity (Wildman–Crippen MR) is 89.4 cm³/mol. The topological polar surface area (TPSA) is 96.5 Å². The van der Waals surface area contributed by atoms with Crippen molar-refractivity contribution in [2.75, 3.05) is 6.54 Å². The van der Waals surface area contributed by atoms with Crippen molar-refractivity contribution in [3.8, 4) is 0 Å². The lowest BCUT2D eigenvalue weighted by Crippen LogP contribution is -2.47. The summed E-state index contributed by atoms with van der Waals surface area (Å²) < 4.78 is 5.31. The van der Waals surface area contributed by atoms with Crippen molar-refractivity contribution in [3.05, 3.63) is 23.0 Å². The summed E-state index contributed by atoms with van der Waals surface area (Å²) in [7, 11) is 0. The lowest BCUT2D eigenvalue weighted by Gasteiger charge is -2.36. The van der Waals surface area contributed by atoms with E-state index < -0.39 is 11.9 Å². The molecule has 1 saturated carbocycles. The van der Waals surface area contributed by atoms with Gasteiger partial charge in [0, 0.05) is 24.2 Å². The first kappa shape index (κ1) is 16.1. The number of carbonyl (C=O) groups excluding carboxylic acids is 1. The fourth-order valence-corrected chi connectivity index (χ4v) is 3.62. The summed E-state index contributed by atoms with van der Waals surface area (Å²) >= 11 is 0. The minimum Gasteiger partial charge on any atom is -0.481 e. The number of carboxylic acids is 1. The molecule has 2 unspecified atom stereocenters. The summed E-state index contributed by atoms with van der Waals surface area (Å²) in [5.41, 5.74) is 2.42. The van der Waals surface area contributed by atoms with Crippen LogP contribution in [-0.2, 0) is 4.79 Å². The quantitative estimate of drug-likeness (QED) is 0.920. The Morgan fingerprint density at radius 2 is 2.04 bits per heavy atom. The highest BCUT2D eigenvalue weighted by Crippen LogP contribution is 2.41. The second kappa shape index (κ2) is 5.82. The van der Waals surface area contributed by atoms with Crippen molar-refractivity contribution >= 4 is 23.0 Å². The number of fused-ring (bicyclic) bond motifs is 1. The van der Waals surface area contributed by atoms with E-state index in [0.717, 1.165) is 18.5 Å². The number of hydrogen-bond donors (Lipinski definition) is 1. The van der Waals surface area contributed by atoms with E-state index in [0.29, 0.717) is 41.1 Å². The van der Waals surface area contributed by atoms with Crippen LogP contribution in [0.1, 0.15) is 60.3 Å². The number of aromatic nitrogens is 2. The number of carbonyl (C=O) groups is 2. The summed E-state index contributed by atoms with van der Waals surface area (Å²) in [6, 6.07) is 1.86. The third-order valence-corrected chi connectivity index (χ3v) is 5.36. The fraction of sp³-hybridized carbons (Fsp3) is 0.556. The summed E-state index contributed by atoms with van der Waals surface area (Å²) in [4.78, 5) is 30.8. The van der Waals surface area contributed by atoms with Gasteiger partial charge in [-0.2, -0.15) is 0 Å². The van der Waals surface area contributed by atoms with E-state index in [9.17, 15) is 14.7 Å². The Bertz CT molecular complexity index is 855. The number of rotatable bonds is 3. The zero-order valence-corrected chi connectivity index (χ0v) is 14.4. The third kappa shape index (κ3) is 2.77. The molecule has 1 aliphatic carbocycles. The Labute approximate surface area is 145 Å². The number of hydrogen-bond acceptors (Lipinski definition) is 5. The van der Waals surface area contributed by atoms with Crippen molar-refractivity contribution in [1.82, 2.24) is 15.0 Å². The molecule has 132 valence electrons. The van der Waals surface area contributed by atoms with Gasteiger partial charge in [0.25, 0.3) is 11.6 Å². The monoisotopic (exact) mass is 343 g/mol. The molecule has 7 nitrogen and oxygen atoms in total. The molecule has 7 heteroatoms. The fourth-order valence-electron chi connectivity index (χ4n) is 3.62. The number of aryl methyl sites for hydroxylation is 1. The van der Waals surface area contributed by atoms with Gasteiger partial charge in [-0.1, -0.05) is 5.16 Å². The van der Waals surface area contributed by atoms with Crippen LogP contribution in [0.2, 0.25) is 0 Å². The Hall–Kier alpha value is -2.44. The minimum atomic E-state index is -0.843. The second-order valence-electron chi connectivity index (χ2n) is 7.24. The van der Waals surface area contributed by atoms with E-state index in [-0.39, 0.29) is 18.5 Å². The van der Waals surface area contributed by atoms with Crippen LogP contribution in [0.25, 0.3) is 11.1 Å². The number of piperidine rings is 1. The molecule has 1 aliphatic heterocycles. The first-order valence-corrected chi connectivity index (χ1v) is 8.76. The number of likely N-dealkylation sites (tertiary alicyclic amines) is 1. The molecule has 1 N–H and O–H groups in total. The summed E-state index contributed by atoms with van der Waals surface area (Å²) in [5.74, 6) is -1.13. The van der Waals surface area contributed by atoms with Crippen molar-refractivity contribution in [1.29, 1.82) is 0 Å². The highest BCUT2D eigenvalue weighted by atomic mass is 16.5. The molecule has 0 aromatic carbocycles. The maximum absolute atomic E-state index is 13.3. The van der Waals surface area contributed by atoms with Gasteiger partial charge < -0.3 is 14.5 Å². The number of nitrogens with zero attached hydrogens (tertiary/aromatic N) is 3. The van der Waals surface area contributed by atoms with Crippen LogP contribution in [-0.4, -0.2) is 44.6 Å². The van der Waals surface area contributed by atoms with Crippen LogP contribution in [0.4, 0.5) is 0 Å². The van der Waals surface area contributed by atoms with Gasteiger partial charge in [-0.15, -0.1) is 0 Å². The Balaban J connectivity index is 1.75. The largest absolute Gasteiger partial charge is 0.481 e. The van der Waals surface area contributed by atoms with Gasteiger partial charge in [0.2, 0.25) is 0 Å². The van der Waals surface area contributed by atoms with Gasteiger partial charge in [-0.05, 0) is 45.6 Å². The highest BCUT2D eigenvalue weighted by Gasteiger charge is 2.35. The molecule has 4 rings (SSSR count). The molecule has 2 atom stereocenters. The molecule has 0 radical (unpaired) electrons. The molecule has 2 aromatic rings. The summed E-state index contributed by atoms with van der Waals surface area (Å²) in [6.07, 6.45) is 3.43. The zero-order valence-electron chi connectivity index (χ0n) is 14.4. The average Bonchev–Trinajstić information content (AvgIpc) is 3.38. The van der Waals surface area contributed by atoms with Crippen molar-refractivity contribution in [3.63, 3.8) is 0 Å². The molecule has 25 heavy (non-hydrogen) atoms. The zero-order chi connectivity index (χ0) is 17.7. The van der Waals surface area contributed by atoms with Crippen LogP contribution in [0.3, 0.4) is 0 Å². The number of amides is 1. The number of aliphatic carboxylic acids is 1. The molecular formula is C18H21N3O4. The standard InChI is InChI=1S/C18H21N3O4/c1-9-3-4-12(18(23)24)8-21(9)17(22)13-7-14(11-5-6-11)19-16-15(13)10(2)20-25-16/h7,9,11-12H,3-6,8H2,1-2H3,(H,23,24). The molecular weight excluding hydrogens is 322 g/mol. The Morgan fingerprint density at radius 1 is 1.28 bits per heavy atom. The molecule has 0 spiro atoms. The van der Waals surface area contributed by atoms with Gasteiger partial charge in [0.15, 0.2) is 0 Å². The Morgan fingerprint density at radius 3 is 2.72 bits per heavy atom. The lowest BCUT2D eigenvalue weighted by molar-refractivity contribution is -0.143. The van der Waals surface area contributed by atoms with Crippen LogP contribution in [0.5, 0.6) is 0 Å². The Kier molecular flexibility index (Phi) is 3.74. The summed E-state index contributed by atoms with van der Waals surface area (Å²) in [6.45, 7) is 4.00. The predicted octanol–water partition coefficient (Wildman–Crippen LogP) is 2.73. The summed E-state index contributed by atoms with van der Waals surface area (Å²) in [5, 5.41) is 13.9. The molecule has 1 saturated heterocycles. The van der Waals surface area contributed by atoms with Gasteiger partial charge >= 0.3 is 5.97 Å². The SMILES string of the molecule is Cc1noc2nc(C3CC3)cc(C(=O)N3CC(C(=O)O)CCC3C)c12. The van der Waals surface area contributed by atoms with Crippen molar-refractivity contribution in [2.24, 2.45) is 5.92 Å². The van der Waals surface area contributed by atoms with Gasteiger partial charge in [0.05, 0.1) is 22.6 Å². The van der Waals surface area contributed by atoms with E-state index in [2.05, 4.69) is 10.1 Å². The van der Waals surface area contributed by atoms with Gasteiger partial charge in [0.1, 0.15) is 0 Å². The van der Waals surface area contributed by atoms with E-state index >= 15 is 0 Å². The van der Waals surface area contributed by atoms with Crippen LogP contribution >= 0.6 is 0 Å². The number of pyridine rings is 1. The molecule has 2 aromatic heterocycles. The van der Waals surface area contributed by atoms with E-state index in [1.807, 2.05) is 13.0 Å². The normalized spacial score (nSPS) is 23.8. The molecule has 1 amide bonds. The molecule has 0 bridgehead atoms. The van der Waals surface area contributed by atoms with Crippen LogP contribution < -0.4 is 0 Å². The van der Waals surface area contributed by atoms with Crippen molar-refractivity contribution < 1.29 is 19.2 Å². The van der Waals surface area contributed by atoms with E-state index in [4.69, 9.17) is 4.52 Å².